The van der Waals surface area contributed by atoms with Gasteiger partial charge in [0.2, 0.25) is 0 Å². The van der Waals surface area contributed by atoms with Gasteiger partial charge < -0.3 is 24.8 Å². The Labute approximate surface area is 232 Å². The van der Waals surface area contributed by atoms with Crippen molar-refractivity contribution < 1.29 is 23.8 Å². The zero-order valence-corrected chi connectivity index (χ0v) is 23.7. The summed E-state index contributed by atoms with van der Waals surface area (Å²) in [6.45, 7) is 2.83. The molecule has 3 aliphatic rings. The van der Waals surface area contributed by atoms with Crippen LogP contribution in [-0.2, 0) is 17.6 Å². The van der Waals surface area contributed by atoms with Crippen LogP contribution in [0, 0.1) is 17.3 Å². The first kappa shape index (κ1) is 27.4. The first-order valence-corrected chi connectivity index (χ1v) is 14.4. The predicted octanol–water partition coefficient (Wildman–Crippen LogP) is 6.28. The summed E-state index contributed by atoms with van der Waals surface area (Å²) in [6.07, 6.45) is 8.97. The van der Waals surface area contributed by atoms with Gasteiger partial charge >= 0.3 is 6.03 Å². The molecule has 3 aliphatic carbocycles. The van der Waals surface area contributed by atoms with Gasteiger partial charge in [0.25, 0.3) is 0 Å². The number of hydrogen-bond acceptors (Lipinski definition) is 5. The Morgan fingerprint density at radius 2 is 1.74 bits per heavy atom. The summed E-state index contributed by atoms with van der Waals surface area (Å²) in [5, 5.41) is 5.80. The van der Waals surface area contributed by atoms with Crippen molar-refractivity contribution in [2.75, 3.05) is 33.2 Å². The maximum Gasteiger partial charge on any atom is 0.319 e. The molecule has 0 heterocycles. The number of carbonyl (C=O) groups is 2. The number of ether oxygens (including phenoxy) is 3. The Bertz CT molecular complexity index is 1230. The monoisotopic (exact) mass is 534 g/mol. The highest BCUT2D eigenvalue weighted by Crippen LogP contribution is 2.59. The van der Waals surface area contributed by atoms with Crippen LogP contribution in [0.1, 0.15) is 74.5 Å². The molecule has 2 saturated carbocycles. The number of methoxy groups -OCH3 is 3. The van der Waals surface area contributed by atoms with E-state index in [1.165, 1.54) is 23.1 Å². The number of hydrogen-bond donors (Lipinski definition) is 2. The van der Waals surface area contributed by atoms with Gasteiger partial charge in [0.15, 0.2) is 11.5 Å². The van der Waals surface area contributed by atoms with E-state index < -0.39 is 0 Å². The summed E-state index contributed by atoms with van der Waals surface area (Å²) < 4.78 is 16.4. The fourth-order valence-electron chi connectivity index (χ4n) is 7.53. The van der Waals surface area contributed by atoms with Crippen molar-refractivity contribution in [1.29, 1.82) is 0 Å². The quantitative estimate of drug-likeness (QED) is 0.370. The number of anilines is 1. The molecule has 2 aromatic rings. The van der Waals surface area contributed by atoms with E-state index in [0.29, 0.717) is 47.3 Å². The van der Waals surface area contributed by atoms with Crippen molar-refractivity contribution >= 4 is 17.5 Å². The minimum Gasteiger partial charge on any atom is -0.496 e. The minimum atomic E-state index is -0.241. The summed E-state index contributed by atoms with van der Waals surface area (Å²) in [4.78, 5) is 25.1. The van der Waals surface area contributed by atoms with Crippen molar-refractivity contribution in [3.8, 4) is 17.2 Å². The van der Waals surface area contributed by atoms with Crippen molar-refractivity contribution in [1.82, 2.24) is 5.32 Å². The van der Waals surface area contributed by atoms with Crippen LogP contribution in [0.25, 0.3) is 0 Å². The molecule has 210 valence electrons. The van der Waals surface area contributed by atoms with E-state index in [4.69, 9.17) is 14.2 Å². The van der Waals surface area contributed by atoms with Gasteiger partial charge in [0.1, 0.15) is 11.5 Å². The molecular weight excluding hydrogens is 492 g/mol. The maximum atomic E-state index is 12.7. The van der Waals surface area contributed by atoms with Crippen molar-refractivity contribution in [2.45, 2.75) is 70.6 Å². The topological polar surface area (TPSA) is 85.9 Å². The summed E-state index contributed by atoms with van der Waals surface area (Å²) in [5.41, 5.74) is 4.73. The van der Waals surface area contributed by atoms with E-state index in [-0.39, 0.29) is 11.4 Å². The largest absolute Gasteiger partial charge is 0.496 e. The molecule has 5 rings (SSSR count). The van der Waals surface area contributed by atoms with Crippen LogP contribution < -0.4 is 24.8 Å². The average molecular weight is 535 g/mol. The molecule has 2 amide bonds. The number of urea groups is 1. The van der Waals surface area contributed by atoms with Crippen LogP contribution in [0.15, 0.2) is 30.3 Å². The van der Waals surface area contributed by atoms with E-state index in [2.05, 4.69) is 29.7 Å². The molecule has 3 unspecified atom stereocenters. The van der Waals surface area contributed by atoms with Crippen LogP contribution in [0.3, 0.4) is 0 Å². The molecule has 0 radical (unpaired) electrons. The molecule has 0 saturated heterocycles. The lowest BCUT2D eigenvalue weighted by Crippen LogP contribution is -2.42. The number of amides is 2. The molecule has 0 bridgehead atoms. The highest BCUT2D eigenvalue weighted by atomic mass is 16.5. The molecule has 39 heavy (non-hydrogen) atoms. The molecule has 7 heteroatoms. The second-order valence-electron chi connectivity index (χ2n) is 11.6. The third kappa shape index (κ3) is 5.32. The van der Waals surface area contributed by atoms with E-state index >= 15 is 0 Å². The van der Waals surface area contributed by atoms with Gasteiger partial charge in [-0.2, -0.15) is 0 Å². The predicted molar refractivity (Wildman–Crippen MR) is 152 cm³/mol. The molecule has 4 atom stereocenters. The zero-order valence-electron chi connectivity index (χ0n) is 23.7. The summed E-state index contributed by atoms with van der Waals surface area (Å²) in [5.74, 6) is 4.38. The number of nitrogens with one attached hydrogen (secondary N) is 2. The van der Waals surface area contributed by atoms with Gasteiger partial charge in [0, 0.05) is 30.1 Å². The Morgan fingerprint density at radius 1 is 0.949 bits per heavy atom. The summed E-state index contributed by atoms with van der Waals surface area (Å²) in [7, 11) is 4.91. The molecule has 7 nitrogen and oxygen atoms in total. The van der Waals surface area contributed by atoms with Gasteiger partial charge in [-0.15, -0.1) is 0 Å². The lowest BCUT2D eigenvalue weighted by atomic mass is 9.55. The van der Waals surface area contributed by atoms with E-state index in [1.54, 1.807) is 39.5 Å². The number of carbonyl (C=O) groups excluding carboxylic acids is 2. The number of Topliss-reactive ketones (excluding diaryl/α,β-unsaturated/α-hetero) is 1. The molecule has 2 N–H and O–H groups in total. The fourth-order valence-corrected chi connectivity index (χ4v) is 7.53. The minimum absolute atomic E-state index is 0.0906. The Kier molecular flexibility index (Phi) is 8.06. The summed E-state index contributed by atoms with van der Waals surface area (Å²) in [6, 6.07) is 9.72. The van der Waals surface area contributed by atoms with Gasteiger partial charge in [0.05, 0.1) is 21.3 Å². The van der Waals surface area contributed by atoms with Gasteiger partial charge in [-0.3, -0.25) is 4.79 Å². The number of unbranched alkanes of at least 4 members (excludes halogenated alkanes) is 1. The first-order valence-electron chi connectivity index (χ1n) is 14.4. The van der Waals surface area contributed by atoms with Crippen LogP contribution in [-0.4, -0.2) is 39.7 Å². The molecule has 2 aromatic carbocycles. The standard InChI is InChI=1S/C32H42N2O5/c1-32-15-14-23-24(26(32)11-13-30(32)35)10-8-20-18-28(38-3)21(17-25(20)23)7-5-6-16-33-31(36)34-22-9-12-27(37-2)29(19-22)39-4/h9,12,17-19,23-24,26H,5-8,10-11,13-16H2,1-4H3,(H2,33,34,36)/t23?,24?,26?,32-/m0/s1. The van der Waals surface area contributed by atoms with Crippen LogP contribution >= 0.6 is 0 Å². The molecule has 0 spiro atoms. The highest BCUT2D eigenvalue weighted by Gasteiger charge is 2.54. The second kappa shape index (κ2) is 11.5. The van der Waals surface area contributed by atoms with Crippen LogP contribution in [0.2, 0.25) is 0 Å². The number of rotatable bonds is 9. The van der Waals surface area contributed by atoms with Crippen molar-refractivity contribution in [3.63, 3.8) is 0 Å². The van der Waals surface area contributed by atoms with Gasteiger partial charge in [-0.05, 0) is 104 Å². The van der Waals surface area contributed by atoms with Crippen molar-refractivity contribution in [2.24, 2.45) is 17.3 Å². The first-order chi connectivity index (χ1) is 18.9. The van der Waals surface area contributed by atoms with E-state index in [0.717, 1.165) is 57.1 Å². The lowest BCUT2D eigenvalue weighted by Gasteiger charge is -2.48. The van der Waals surface area contributed by atoms with Crippen LogP contribution in [0.4, 0.5) is 10.5 Å². The number of benzene rings is 2. The highest BCUT2D eigenvalue weighted by molar-refractivity contribution is 5.89. The number of ketones is 1. The second-order valence-corrected chi connectivity index (χ2v) is 11.6. The SMILES string of the molecule is COc1cc2c(cc1CCCCNC(=O)Nc1ccc(OC)c(OC)c1)C1CC[C@]3(C)C(=O)CCC3C1CC2. The Morgan fingerprint density at radius 3 is 2.51 bits per heavy atom. The van der Waals surface area contributed by atoms with E-state index in [1.807, 2.05) is 0 Å². The number of aryl methyl sites for hydroxylation is 2. The normalized spacial score (nSPS) is 25.2. The smallest absolute Gasteiger partial charge is 0.319 e. The van der Waals surface area contributed by atoms with Crippen LogP contribution in [0.5, 0.6) is 17.2 Å². The van der Waals surface area contributed by atoms with Gasteiger partial charge in [-0.25, -0.2) is 4.79 Å². The maximum absolute atomic E-state index is 12.7. The van der Waals surface area contributed by atoms with Crippen molar-refractivity contribution in [3.05, 3.63) is 47.0 Å². The average Bonchev–Trinajstić information content (AvgIpc) is 3.26. The van der Waals surface area contributed by atoms with E-state index in [9.17, 15) is 9.59 Å². The molecule has 0 aromatic heterocycles. The van der Waals surface area contributed by atoms with Gasteiger partial charge in [-0.1, -0.05) is 13.0 Å². The molecular formula is C32H42N2O5. The zero-order chi connectivity index (χ0) is 27.6. The molecule has 0 aliphatic heterocycles. The fraction of sp³-hybridized carbons (Fsp3) is 0.562. The third-order valence-electron chi connectivity index (χ3n) is 9.63. The lowest BCUT2D eigenvalue weighted by molar-refractivity contribution is -0.129. The molecule has 2 fully saturated rings. The third-order valence-corrected chi connectivity index (χ3v) is 9.63. The Hall–Kier alpha value is -3.22. The number of fused-ring (bicyclic) bond motifs is 5. The Balaban J connectivity index is 1.16. The summed E-state index contributed by atoms with van der Waals surface area (Å²) >= 11 is 0.